The van der Waals surface area contributed by atoms with Gasteiger partial charge in [-0.25, -0.2) is 9.97 Å². The minimum Gasteiger partial charge on any atom is -0.383 e. The number of Topliss-reactive ketones (excluding diaryl/α,β-unsaturated/α-hetero) is 1. The van der Waals surface area contributed by atoms with Gasteiger partial charge in [0.1, 0.15) is 18.0 Å². The smallest absolute Gasteiger partial charge is 0.383 e. The molecule has 1 saturated heterocycles. The Kier molecular flexibility index (Phi) is 10.8. The van der Waals surface area contributed by atoms with Gasteiger partial charge in [0.25, 0.3) is 0 Å². The fraction of sp³-hybridized carbons (Fsp3) is 0.500. The fourth-order valence-electron chi connectivity index (χ4n) is 6.70. The van der Waals surface area contributed by atoms with Crippen molar-refractivity contribution in [1.82, 2.24) is 19.8 Å². The third-order valence-corrected chi connectivity index (χ3v) is 9.66. The highest BCUT2D eigenvalue weighted by atomic mass is 19.4. The van der Waals surface area contributed by atoms with Gasteiger partial charge < -0.3 is 16.0 Å². The summed E-state index contributed by atoms with van der Waals surface area (Å²) < 4.78 is 42.1. The van der Waals surface area contributed by atoms with Gasteiger partial charge in [0.05, 0.1) is 16.5 Å². The third-order valence-electron chi connectivity index (χ3n) is 9.66. The summed E-state index contributed by atoms with van der Waals surface area (Å²) in [5.41, 5.74) is 9.34. The number of carbonyl (C=O) groups is 1. The van der Waals surface area contributed by atoms with Crippen LogP contribution in [0.3, 0.4) is 0 Å². The number of anilines is 2. The molecule has 2 fully saturated rings. The van der Waals surface area contributed by atoms with Crippen molar-refractivity contribution >= 4 is 17.4 Å². The van der Waals surface area contributed by atoms with Crippen LogP contribution in [-0.4, -0.2) is 64.8 Å². The van der Waals surface area contributed by atoms with Crippen LogP contribution in [0.2, 0.25) is 0 Å². The molecule has 5 rings (SSSR count). The van der Waals surface area contributed by atoms with Gasteiger partial charge in [0, 0.05) is 56.3 Å². The number of likely N-dealkylation sites (N-methyl/N-ethyl adjacent to an activating group) is 1. The van der Waals surface area contributed by atoms with Crippen molar-refractivity contribution in [1.29, 1.82) is 0 Å². The second-order valence-electron chi connectivity index (χ2n) is 13.7. The number of alkyl halides is 3. The van der Waals surface area contributed by atoms with E-state index in [0.717, 1.165) is 55.7 Å². The van der Waals surface area contributed by atoms with Crippen molar-refractivity contribution in [2.24, 2.45) is 5.92 Å². The van der Waals surface area contributed by atoms with Crippen LogP contribution in [0.5, 0.6) is 0 Å². The number of hydrogen-bond acceptors (Lipinski definition) is 7. The molecule has 1 saturated carbocycles. The van der Waals surface area contributed by atoms with E-state index in [-0.39, 0.29) is 24.8 Å². The number of nitrogens with zero attached hydrogens (tertiary/aromatic N) is 4. The van der Waals surface area contributed by atoms with Gasteiger partial charge >= 0.3 is 6.18 Å². The molecule has 2 heterocycles. The van der Waals surface area contributed by atoms with Crippen LogP contribution in [0, 0.1) is 24.7 Å². The Bertz CT molecular complexity index is 1690. The third kappa shape index (κ3) is 8.19. The minimum absolute atomic E-state index is 0.0579. The Hall–Kier alpha value is -3.94. The number of nitrogens with one attached hydrogen (secondary N) is 1. The average Bonchev–Trinajstić information content (AvgIpc) is 3.75. The molecule has 1 aliphatic carbocycles. The number of aromatic nitrogens is 2. The number of hydrogen-bond donors (Lipinski definition) is 2. The number of nitrogen functional groups attached to an aromatic ring is 1. The first kappa shape index (κ1) is 35.4. The molecule has 48 heavy (non-hydrogen) atoms. The summed E-state index contributed by atoms with van der Waals surface area (Å²) in [7, 11) is 2.02. The number of piperazine rings is 1. The summed E-state index contributed by atoms with van der Waals surface area (Å²) in [4.78, 5) is 26.3. The molecule has 1 aromatic heterocycles. The molecule has 0 radical (unpaired) electrons. The van der Waals surface area contributed by atoms with Gasteiger partial charge in [-0.05, 0) is 81.8 Å². The van der Waals surface area contributed by atoms with E-state index in [1.54, 1.807) is 18.2 Å². The van der Waals surface area contributed by atoms with Crippen molar-refractivity contribution in [3.05, 3.63) is 81.7 Å². The van der Waals surface area contributed by atoms with Gasteiger partial charge in [0.2, 0.25) is 0 Å². The van der Waals surface area contributed by atoms with E-state index in [0.29, 0.717) is 47.1 Å². The van der Waals surface area contributed by atoms with Crippen LogP contribution in [-0.2, 0) is 24.6 Å². The molecule has 7 nitrogen and oxygen atoms in total. The Labute approximate surface area is 282 Å². The van der Waals surface area contributed by atoms with Gasteiger partial charge in [-0.2, -0.15) is 13.2 Å². The van der Waals surface area contributed by atoms with E-state index in [2.05, 4.69) is 43.8 Å². The highest BCUT2D eigenvalue weighted by Gasteiger charge is 2.56. The summed E-state index contributed by atoms with van der Waals surface area (Å²) in [6.07, 6.45) is -0.123. The SMILES string of the molecule is CCC1CC1(C#Cc1cc(C(=O)CCCc2ccc(CN3CCN(C)CC3)c(C(F)(F)F)c2)ccc1C)c1c(N)ncnc1NC(C)C. The standard InChI is InChI=1S/C38H47F3N6O/c1-6-31-22-37(31,34-35(42)43-24-44-36(34)45-25(2)3)15-14-28-21-29(12-10-26(28)4)33(48)9-7-8-27-11-13-30(32(20-27)38(39,40)41)23-47-18-16-46(5)17-19-47/h10-13,20-21,24-25,31H,6-9,16-19,22-23H2,1-5H3,(H3,42,43,44,45). The normalized spacial score (nSPS) is 20.0. The molecule has 2 unspecified atom stereocenters. The van der Waals surface area contributed by atoms with Crippen molar-refractivity contribution in [3.8, 4) is 11.8 Å². The molecule has 10 heteroatoms. The van der Waals surface area contributed by atoms with E-state index in [1.807, 2.05) is 40.0 Å². The van der Waals surface area contributed by atoms with Gasteiger partial charge in [-0.3, -0.25) is 9.69 Å². The zero-order chi connectivity index (χ0) is 34.6. The predicted octanol–water partition coefficient (Wildman–Crippen LogP) is 6.88. The lowest BCUT2D eigenvalue weighted by atomic mass is 9.92. The monoisotopic (exact) mass is 660 g/mol. The lowest BCUT2D eigenvalue weighted by molar-refractivity contribution is -0.138. The van der Waals surface area contributed by atoms with Gasteiger partial charge in [-0.15, -0.1) is 0 Å². The number of carbonyl (C=O) groups excluding carboxylic acids is 1. The van der Waals surface area contributed by atoms with E-state index in [1.165, 1.54) is 12.4 Å². The number of ketones is 1. The molecule has 3 N–H and O–H groups in total. The van der Waals surface area contributed by atoms with Crippen LogP contribution in [0.15, 0.2) is 42.7 Å². The summed E-state index contributed by atoms with van der Waals surface area (Å²) in [5, 5.41) is 3.40. The number of halogens is 3. The molecule has 256 valence electrons. The van der Waals surface area contributed by atoms with Crippen molar-refractivity contribution in [2.75, 3.05) is 44.3 Å². The first-order valence-corrected chi connectivity index (χ1v) is 16.9. The van der Waals surface area contributed by atoms with Crippen LogP contribution in [0.1, 0.15) is 90.2 Å². The summed E-state index contributed by atoms with van der Waals surface area (Å²) in [5.74, 6) is 8.27. The number of nitrogens with two attached hydrogens (primary N) is 1. The maximum Gasteiger partial charge on any atom is 0.416 e. The minimum atomic E-state index is -4.44. The topological polar surface area (TPSA) is 87.4 Å². The lowest BCUT2D eigenvalue weighted by Crippen LogP contribution is -2.44. The molecule has 2 atom stereocenters. The van der Waals surface area contributed by atoms with E-state index < -0.39 is 17.2 Å². The molecular formula is C38H47F3N6O. The first-order chi connectivity index (χ1) is 22.8. The second-order valence-corrected chi connectivity index (χ2v) is 13.7. The number of rotatable bonds is 11. The molecule has 0 bridgehead atoms. The molecule has 2 aromatic carbocycles. The van der Waals surface area contributed by atoms with E-state index >= 15 is 0 Å². The molecule has 1 aliphatic heterocycles. The Morgan fingerprint density at radius 1 is 1.12 bits per heavy atom. The quantitative estimate of drug-likeness (QED) is 0.171. The molecule has 2 aliphatic rings. The summed E-state index contributed by atoms with van der Waals surface area (Å²) in [6, 6.07) is 10.3. The predicted molar refractivity (Wildman–Crippen MR) is 185 cm³/mol. The Morgan fingerprint density at radius 3 is 2.54 bits per heavy atom. The number of benzene rings is 2. The number of aryl methyl sites for hydroxylation is 2. The first-order valence-electron chi connectivity index (χ1n) is 16.9. The molecule has 0 spiro atoms. The van der Waals surface area contributed by atoms with E-state index in [4.69, 9.17) is 5.73 Å². The van der Waals surface area contributed by atoms with Gasteiger partial charge in [0.15, 0.2) is 5.78 Å². The Morgan fingerprint density at radius 2 is 1.88 bits per heavy atom. The Balaban J connectivity index is 1.28. The molecule has 3 aromatic rings. The zero-order valence-electron chi connectivity index (χ0n) is 28.7. The van der Waals surface area contributed by atoms with Crippen LogP contribution < -0.4 is 11.1 Å². The lowest BCUT2D eigenvalue weighted by Gasteiger charge is -2.33. The largest absolute Gasteiger partial charge is 0.416 e. The molecular weight excluding hydrogens is 613 g/mol. The highest BCUT2D eigenvalue weighted by Crippen LogP contribution is 2.58. The second kappa shape index (κ2) is 14.7. The summed E-state index contributed by atoms with van der Waals surface area (Å²) >= 11 is 0. The fourth-order valence-corrected chi connectivity index (χ4v) is 6.70. The van der Waals surface area contributed by atoms with Crippen molar-refractivity contribution in [2.45, 2.75) is 84.0 Å². The van der Waals surface area contributed by atoms with Crippen molar-refractivity contribution in [3.63, 3.8) is 0 Å². The van der Waals surface area contributed by atoms with Crippen LogP contribution in [0.4, 0.5) is 24.8 Å². The average molecular weight is 661 g/mol. The van der Waals surface area contributed by atoms with Crippen LogP contribution >= 0.6 is 0 Å². The molecule has 0 amide bonds. The zero-order valence-corrected chi connectivity index (χ0v) is 28.7. The maximum atomic E-state index is 14.0. The highest BCUT2D eigenvalue weighted by molar-refractivity contribution is 5.96. The maximum absolute atomic E-state index is 14.0. The van der Waals surface area contributed by atoms with E-state index in [9.17, 15) is 18.0 Å². The summed E-state index contributed by atoms with van der Waals surface area (Å²) in [6.45, 7) is 11.7. The van der Waals surface area contributed by atoms with Gasteiger partial charge in [-0.1, -0.05) is 49.5 Å². The van der Waals surface area contributed by atoms with Crippen molar-refractivity contribution < 1.29 is 18.0 Å². The van der Waals surface area contributed by atoms with Crippen LogP contribution in [0.25, 0.3) is 0 Å².